The quantitative estimate of drug-likeness (QED) is 0.246. The molecule has 0 atom stereocenters. The molecule has 0 unspecified atom stereocenters. The largest absolute Gasteiger partial charge is 0.324 e. The van der Waals surface area contributed by atoms with Gasteiger partial charge in [-0.3, -0.25) is 14.6 Å². The number of imidazole rings is 1. The van der Waals surface area contributed by atoms with Crippen molar-refractivity contribution >= 4 is 51.7 Å². The lowest BCUT2D eigenvalue weighted by Gasteiger charge is -2.07. The SMILES string of the molecule is Cl.O=C(CCn1c[n+](CC(=O)c2ccc(F)cc2F)c2ccccc21)Nc1cccc2cccnc12. The van der Waals surface area contributed by atoms with E-state index in [1.54, 1.807) is 17.1 Å². The van der Waals surface area contributed by atoms with Crippen LogP contribution in [0.15, 0.2) is 85.3 Å². The Hall–Kier alpha value is -4.17. The minimum atomic E-state index is -0.890. The van der Waals surface area contributed by atoms with Crippen LogP contribution < -0.4 is 9.88 Å². The molecule has 6 nitrogen and oxygen atoms in total. The van der Waals surface area contributed by atoms with Crippen LogP contribution in [-0.4, -0.2) is 21.2 Å². The van der Waals surface area contributed by atoms with Gasteiger partial charge in [0.05, 0.1) is 29.7 Å². The van der Waals surface area contributed by atoms with Gasteiger partial charge < -0.3 is 5.32 Å². The van der Waals surface area contributed by atoms with E-state index in [1.807, 2.05) is 59.2 Å². The van der Waals surface area contributed by atoms with Crippen LogP contribution >= 0.6 is 12.4 Å². The number of carbonyl (C=O) groups is 2. The van der Waals surface area contributed by atoms with E-state index in [-0.39, 0.29) is 36.8 Å². The van der Waals surface area contributed by atoms with Crippen LogP contribution in [-0.2, 0) is 17.9 Å². The van der Waals surface area contributed by atoms with Gasteiger partial charge in [0, 0.05) is 17.6 Å². The van der Waals surface area contributed by atoms with Crippen LogP contribution in [0.25, 0.3) is 21.9 Å². The van der Waals surface area contributed by atoms with Gasteiger partial charge in [0.15, 0.2) is 17.6 Å². The molecule has 36 heavy (non-hydrogen) atoms. The highest BCUT2D eigenvalue weighted by molar-refractivity contribution is 6.00. The van der Waals surface area contributed by atoms with Crippen molar-refractivity contribution in [1.82, 2.24) is 9.55 Å². The third-order valence-corrected chi connectivity index (χ3v) is 5.81. The first kappa shape index (κ1) is 24.9. The Labute approximate surface area is 211 Å². The van der Waals surface area contributed by atoms with Gasteiger partial charge in [-0.05, 0) is 36.4 Å². The minimum absolute atomic E-state index is 0. The van der Waals surface area contributed by atoms with Crippen LogP contribution in [0.2, 0.25) is 0 Å². The van der Waals surface area contributed by atoms with E-state index >= 15 is 0 Å². The molecular weight excluding hydrogens is 486 g/mol. The maximum atomic E-state index is 14.1. The zero-order chi connectivity index (χ0) is 24.4. The molecule has 5 rings (SSSR count). The highest BCUT2D eigenvalue weighted by Gasteiger charge is 2.21. The summed E-state index contributed by atoms with van der Waals surface area (Å²) >= 11 is 0. The van der Waals surface area contributed by atoms with Crippen LogP contribution in [0.5, 0.6) is 0 Å². The number of anilines is 1. The Morgan fingerprint density at radius 3 is 2.61 bits per heavy atom. The number of nitrogens with zero attached hydrogens (tertiary/aromatic N) is 3. The molecule has 5 aromatic rings. The first-order valence-corrected chi connectivity index (χ1v) is 11.1. The molecule has 3 aromatic carbocycles. The van der Waals surface area contributed by atoms with E-state index in [9.17, 15) is 18.4 Å². The summed E-state index contributed by atoms with van der Waals surface area (Å²) in [5, 5.41) is 3.86. The molecular formula is C27H22ClF2N4O2+. The lowest BCUT2D eigenvalue weighted by molar-refractivity contribution is -0.658. The van der Waals surface area contributed by atoms with E-state index in [0.717, 1.165) is 34.1 Å². The van der Waals surface area contributed by atoms with Gasteiger partial charge in [-0.2, -0.15) is 0 Å². The number of Topliss-reactive ketones (excluding diaryl/α,β-unsaturated/α-hetero) is 1. The Bertz CT molecular complexity index is 1580. The molecule has 2 aromatic heterocycles. The summed E-state index contributed by atoms with van der Waals surface area (Å²) in [6, 6.07) is 19.7. The number of carbonyl (C=O) groups excluding carboxylic acids is 2. The number of amides is 1. The smallest absolute Gasteiger partial charge is 0.245 e. The monoisotopic (exact) mass is 507 g/mol. The van der Waals surface area contributed by atoms with E-state index in [2.05, 4.69) is 10.3 Å². The first-order valence-electron chi connectivity index (χ1n) is 11.1. The Morgan fingerprint density at radius 2 is 1.78 bits per heavy atom. The van der Waals surface area contributed by atoms with E-state index in [1.165, 1.54) is 0 Å². The molecule has 0 saturated heterocycles. The second-order valence-corrected chi connectivity index (χ2v) is 8.15. The van der Waals surface area contributed by atoms with E-state index in [4.69, 9.17) is 0 Å². The second kappa shape index (κ2) is 10.6. The van der Waals surface area contributed by atoms with Gasteiger partial charge in [0.2, 0.25) is 18.0 Å². The van der Waals surface area contributed by atoms with Gasteiger partial charge in [-0.25, -0.2) is 17.9 Å². The summed E-state index contributed by atoms with van der Waals surface area (Å²) in [6.45, 7) is 0.251. The van der Waals surface area contributed by atoms with Crippen LogP contribution in [0.4, 0.5) is 14.5 Å². The summed E-state index contributed by atoms with van der Waals surface area (Å²) in [7, 11) is 0. The fourth-order valence-electron chi connectivity index (χ4n) is 4.14. The van der Waals surface area contributed by atoms with Gasteiger partial charge in [-0.1, -0.05) is 30.3 Å². The van der Waals surface area contributed by atoms with Crippen molar-refractivity contribution in [3.63, 3.8) is 0 Å². The average Bonchev–Trinajstić information content (AvgIpc) is 3.20. The van der Waals surface area contributed by atoms with Crippen molar-refractivity contribution in [2.45, 2.75) is 19.5 Å². The molecule has 0 aliphatic carbocycles. The molecule has 0 saturated carbocycles. The lowest BCUT2D eigenvalue weighted by atomic mass is 10.1. The number of benzene rings is 3. The third-order valence-electron chi connectivity index (χ3n) is 5.81. The summed E-state index contributed by atoms with van der Waals surface area (Å²) in [5.74, 6) is -2.27. The van der Waals surface area contributed by atoms with Gasteiger partial charge in [0.1, 0.15) is 11.6 Å². The topological polar surface area (TPSA) is 67.9 Å². The third kappa shape index (κ3) is 5.08. The van der Waals surface area contributed by atoms with Crippen molar-refractivity contribution in [1.29, 1.82) is 0 Å². The van der Waals surface area contributed by atoms with Crippen LogP contribution in [0.3, 0.4) is 0 Å². The maximum Gasteiger partial charge on any atom is 0.245 e. The molecule has 0 bridgehead atoms. The number of pyridine rings is 1. The summed E-state index contributed by atoms with van der Waals surface area (Å²) < 4.78 is 30.9. The molecule has 0 radical (unpaired) electrons. The number of rotatable bonds is 7. The minimum Gasteiger partial charge on any atom is -0.324 e. The molecule has 182 valence electrons. The molecule has 0 fully saturated rings. The normalized spacial score (nSPS) is 10.8. The lowest BCUT2D eigenvalue weighted by Crippen LogP contribution is -2.37. The van der Waals surface area contributed by atoms with Crippen molar-refractivity contribution in [3.8, 4) is 0 Å². The number of fused-ring (bicyclic) bond motifs is 2. The number of para-hydroxylation sites is 3. The number of hydrogen-bond acceptors (Lipinski definition) is 3. The van der Waals surface area contributed by atoms with Crippen molar-refractivity contribution in [2.24, 2.45) is 0 Å². The summed E-state index contributed by atoms with van der Waals surface area (Å²) in [5.41, 5.74) is 2.80. The number of ketones is 1. The zero-order valence-electron chi connectivity index (χ0n) is 19.0. The van der Waals surface area contributed by atoms with Gasteiger partial charge >= 0.3 is 0 Å². The number of halogens is 3. The van der Waals surface area contributed by atoms with Gasteiger partial charge in [-0.15, -0.1) is 12.4 Å². The van der Waals surface area contributed by atoms with Crippen molar-refractivity contribution in [2.75, 3.05) is 5.32 Å². The van der Waals surface area contributed by atoms with E-state index < -0.39 is 17.4 Å². The summed E-state index contributed by atoms with van der Waals surface area (Å²) in [6.07, 6.45) is 3.61. The number of hydrogen-bond donors (Lipinski definition) is 1. The molecule has 1 amide bonds. The maximum absolute atomic E-state index is 14.1. The Balaban J connectivity index is 0.00000304. The average molecular weight is 508 g/mol. The first-order chi connectivity index (χ1) is 17.0. The molecule has 2 heterocycles. The summed E-state index contributed by atoms with van der Waals surface area (Å²) in [4.78, 5) is 29.8. The number of aromatic nitrogens is 3. The fourth-order valence-corrected chi connectivity index (χ4v) is 4.14. The number of aryl methyl sites for hydroxylation is 1. The van der Waals surface area contributed by atoms with Crippen molar-refractivity contribution in [3.05, 3.63) is 103 Å². The molecule has 1 N–H and O–H groups in total. The fraction of sp³-hybridized carbons (Fsp3) is 0.111. The molecule has 0 aliphatic heterocycles. The highest BCUT2D eigenvalue weighted by Crippen LogP contribution is 2.21. The molecule has 0 spiro atoms. The Kier molecular flexibility index (Phi) is 7.36. The van der Waals surface area contributed by atoms with E-state index in [0.29, 0.717) is 18.3 Å². The highest BCUT2D eigenvalue weighted by atomic mass is 35.5. The number of nitrogens with one attached hydrogen (secondary N) is 1. The predicted molar refractivity (Wildman–Crippen MR) is 135 cm³/mol. The molecule has 0 aliphatic rings. The van der Waals surface area contributed by atoms with Crippen LogP contribution in [0, 0.1) is 11.6 Å². The van der Waals surface area contributed by atoms with Crippen LogP contribution in [0.1, 0.15) is 16.8 Å². The zero-order valence-corrected chi connectivity index (χ0v) is 19.8. The van der Waals surface area contributed by atoms with Gasteiger partial charge in [0.25, 0.3) is 0 Å². The predicted octanol–water partition coefficient (Wildman–Crippen LogP) is 5.09. The molecule has 9 heteroatoms. The van der Waals surface area contributed by atoms with Crippen molar-refractivity contribution < 1.29 is 22.9 Å². The second-order valence-electron chi connectivity index (χ2n) is 8.15. The Morgan fingerprint density at radius 1 is 0.972 bits per heavy atom. The standard InChI is InChI=1S/C27H20F2N4O2.ClH/c28-19-10-11-20(21(29)15-19)25(34)16-33-17-32(23-8-1-2-9-24(23)33)14-12-26(35)31-22-7-3-5-18-6-4-13-30-27(18)22;/h1-11,13,15,17H,12,14,16H2;1H/p+1.